The van der Waals surface area contributed by atoms with E-state index in [4.69, 9.17) is 5.73 Å². The third-order valence-electron chi connectivity index (χ3n) is 3.04. The van der Waals surface area contributed by atoms with Gasteiger partial charge in [-0.1, -0.05) is 30.3 Å². The number of amides is 1. The largest absolute Gasteiger partial charge is 0.334 e. The molecule has 1 aromatic carbocycles. The van der Waals surface area contributed by atoms with Crippen molar-refractivity contribution >= 4 is 18.3 Å². The van der Waals surface area contributed by atoms with Crippen LogP contribution in [0.2, 0.25) is 0 Å². The molecule has 0 radical (unpaired) electrons. The van der Waals surface area contributed by atoms with Crippen LogP contribution in [-0.4, -0.2) is 22.9 Å². The van der Waals surface area contributed by atoms with E-state index in [1.807, 2.05) is 42.2 Å². The van der Waals surface area contributed by atoms with E-state index < -0.39 is 0 Å². The zero-order chi connectivity index (χ0) is 10.8. The molecule has 1 amide bonds. The van der Waals surface area contributed by atoms with Crippen molar-refractivity contribution in [2.75, 3.05) is 0 Å². The summed E-state index contributed by atoms with van der Waals surface area (Å²) in [5.41, 5.74) is 7.01. The Morgan fingerprint density at radius 1 is 1.38 bits per heavy atom. The first-order valence-corrected chi connectivity index (χ1v) is 5.27. The number of rotatable bonds is 2. The summed E-state index contributed by atoms with van der Waals surface area (Å²) in [7, 11) is 0. The van der Waals surface area contributed by atoms with E-state index in [0.29, 0.717) is 13.0 Å². The smallest absolute Gasteiger partial charge is 0.224 e. The topological polar surface area (TPSA) is 46.3 Å². The summed E-state index contributed by atoms with van der Waals surface area (Å²) < 4.78 is 0. The lowest BCUT2D eigenvalue weighted by Gasteiger charge is -2.23. The standard InChI is InChI=1S/C12H16N2O.ClH/c1-9-11(13)7-12(15)14(9)8-10-5-3-2-4-6-10;/h2-6,9,11H,7-8,13H2,1H3;1H. The number of carbonyl (C=O) groups is 1. The molecule has 3 nitrogen and oxygen atoms in total. The maximum Gasteiger partial charge on any atom is 0.224 e. The van der Waals surface area contributed by atoms with Gasteiger partial charge in [0.25, 0.3) is 0 Å². The van der Waals surface area contributed by atoms with Crippen molar-refractivity contribution in [3.63, 3.8) is 0 Å². The minimum Gasteiger partial charge on any atom is -0.334 e. The van der Waals surface area contributed by atoms with Crippen molar-refractivity contribution in [3.8, 4) is 0 Å². The Labute approximate surface area is 102 Å². The van der Waals surface area contributed by atoms with Crippen molar-refractivity contribution in [2.24, 2.45) is 5.73 Å². The van der Waals surface area contributed by atoms with Crippen molar-refractivity contribution < 1.29 is 4.79 Å². The molecule has 1 saturated heterocycles. The molecule has 1 heterocycles. The second-order valence-corrected chi connectivity index (χ2v) is 4.12. The molecule has 2 unspecified atom stereocenters. The van der Waals surface area contributed by atoms with Gasteiger partial charge in [-0.2, -0.15) is 0 Å². The summed E-state index contributed by atoms with van der Waals surface area (Å²) in [6.07, 6.45) is 0.480. The van der Waals surface area contributed by atoms with Gasteiger partial charge in [-0.25, -0.2) is 0 Å². The molecular weight excluding hydrogens is 224 g/mol. The Bertz CT molecular complexity index is 355. The van der Waals surface area contributed by atoms with E-state index in [9.17, 15) is 4.79 Å². The average molecular weight is 241 g/mol. The molecule has 2 atom stereocenters. The Hall–Kier alpha value is -1.06. The third-order valence-corrected chi connectivity index (χ3v) is 3.04. The number of hydrogen-bond donors (Lipinski definition) is 1. The van der Waals surface area contributed by atoms with Gasteiger partial charge < -0.3 is 10.6 Å². The molecule has 4 heteroatoms. The minimum absolute atomic E-state index is 0. The van der Waals surface area contributed by atoms with Gasteiger partial charge in [0.2, 0.25) is 5.91 Å². The second kappa shape index (κ2) is 5.32. The number of carbonyl (C=O) groups excluding carboxylic acids is 1. The van der Waals surface area contributed by atoms with Crippen molar-refractivity contribution in [2.45, 2.75) is 32.0 Å². The Morgan fingerprint density at radius 2 is 2.00 bits per heavy atom. The molecule has 1 aliphatic rings. The summed E-state index contributed by atoms with van der Waals surface area (Å²) in [6, 6.07) is 10.2. The minimum atomic E-state index is -0.0128. The van der Waals surface area contributed by atoms with Crippen LogP contribution in [-0.2, 0) is 11.3 Å². The molecule has 0 spiro atoms. The first-order chi connectivity index (χ1) is 7.18. The molecule has 1 fully saturated rings. The Morgan fingerprint density at radius 3 is 2.50 bits per heavy atom. The maximum absolute atomic E-state index is 11.6. The number of halogens is 1. The predicted octanol–water partition coefficient (Wildman–Crippen LogP) is 1.56. The van der Waals surface area contributed by atoms with Gasteiger partial charge in [0.05, 0.1) is 0 Å². The van der Waals surface area contributed by atoms with E-state index in [2.05, 4.69) is 0 Å². The molecule has 0 aliphatic carbocycles. The molecule has 2 N–H and O–H groups in total. The lowest BCUT2D eigenvalue weighted by molar-refractivity contribution is -0.129. The number of likely N-dealkylation sites (tertiary alicyclic amines) is 1. The van der Waals surface area contributed by atoms with E-state index >= 15 is 0 Å². The van der Waals surface area contributed by atoms with Crippen LogP contribution in [0, 0.1) is 0 Å². The molecule has 0 aromatic heterocycles. The van der Waals surface area contributed by atoms with Gasteiger partial charge in [0.15, 0.2) is 0 Å². The quantitative estimate of drug-likeness (QED) is 0.853. The Balaban J connectivity index is 0.00000128. The fourth-order valence-corrected chi connectivity index (χ4v) is 1.96. The summed E-state index contributed by atoms with van der Waals surface area (Å²) in [5.74, 6) is 0.166. The van der Waals surface area contributed by atoms with Crippen LogP contribution in [0.5, 0.6) is 0 Å². The molecule has 1 aliphatic heterocycles. The van der Waals surface area contributed by atoms with Gasteiger partial charge in [-0.05, 0) is 12.5 Å². The lowest BCUT2D eigenvalue weighted by Crippen LogP contribution is -2.37. The number of hydrogen-bond acceptors (Lipinski definition) is 2. The van der Waals surface area contributed by atoms with Gasteiger partial charge >= 0.3 is 0 Å². The highest BCUT2D eigenvalue weighted by Gasteiger charge is 2.33. The van der Waals surface area contributed by atoms with Gasteiger partial charge in [-0.15, -0.1) is 12.4 Å². The Kier molecular flexibility index (Phi) is 4.33. The molecule has 0 bridgehead atoms. The van der Waals surface area contributed by atoms with Crippen LogP contribution in [0.4, 0.5) is 0 Å². The average Bonchev–Trinajstić information content (AvgIpc) is 2.47. The fourth-order valence-electron chi connectivity index (χ4n) is 1.96. The molecule has 0 saturated carbocycles. The highest BCUT2D eigenvalue weighted by molar-refractivity contribution is 5.85. The monoisotopic (exact) mass is 240 g/mol. The summed E-state index contributed by atoms with van der Waals surface area (Å²) in [6.45, 7) is 2.69. The molecule has 88 valence electrons. The fraction of sp³-hybridized carbons (Fsp3) is 0.417. The maximum atomic E-state index is 11.6. The summed E-state index contributed by atoms with van der Waals surface area (Å²) >= 11 is 0. The van der Waals surface area contributed by atoms with E-state index in [-0.39, 0.29) is 30.4 Å². The van der Waals surface area contributed by atoms with Crippen LogP contribution in [0.25, 0.3) is 0 Å². The predicted molar refractivity (Wildman–Crippen MR) is 66.3 cm³/mol. The number of nitrogens with two attached hydrogens (primary N) is 1. The summed E-state index contributed by atoms with van der Waals surface area (Å²) in [4.78, 5) is 13.5. The molecule has 1 aromatic rings. The third kappa shape index (κ3) is 2.54. The highest BCUT2D eigenvalue weighted by atomic mass is 35.5. The van der Waals surface area contributed by atoms with Crippen LogP contribution < -0.4 is 5.73 Å². The molecule has 2 rings (SSSR count). The lowest BCUT2D eigenvalue weighted by atomic mass is 10.1. The molecule has 16 heavy (non-hydrogen) atoms. The molecular formula is C12H17ClN2O. The van der Waals surface area contributed by atoms with Crippen LogP contribution in [0.3, 0.4) is 0 Å². The van der Waals surface area contributed by atoms with E-state index in [1.165, 1.54) is 0 Å². The first-order valence-electron chi connectivity index (χ1n) is 5.27. The van der Waals surface area contributed by atoms with Gasteiger partial charge in [0.1, 0.15) is 0 Å². The van der Waals surface area contributed by atoms with Crippen molar-refractivity contribution in [1.82, 2.24) is 4.90 Å². The zero-order valence-corrected chi connectivity index (χ0v) is 10.1. The van der Waals surface area contributed by atoms with Gasteiger partial charge in [-0.3, -0.25) is 4.79 Å². The SMILES string of the molecule is CC1C(N)CC(=O)N1Cc1ccccc1.Cl. The van der Waals surface area contributed by atoms with Gasteiger partial charge in [0, 0.05) is 25.0 Å². The zero-order valence-electron chi connectivity index (χ0n) is 9.30. The van der Waals surface area contributed by atoms with E-state index in [1.54, 1.807) is 0 Å². The van der Waals surface area contributed by atoms with Crippen molar-refractivity contribution in [1.29, 1.82) is 0 Å². The first kappa shape index (κ1) is 13.0. The van der Waals surface area contributed by atoms with Crippen LogP contribution in [0.15, 0.2) is 30.3 Å². The van der Waals surface area contributed by atoms with Crippen LogP contribution in [0.1, 0.15) is 18.9 Å². The van der Waals surface area contributed by atoms with Crippen molar-refractivity contribution in [3.05, 3.63) is 35.9 Å². The normalized spacial score (nSPS) is 24.4. The second-order valence-electron chi connectivity index (χ2n) is 4.12. The van der Waals surface area contributed by atoms with Crippen LogP contribution >= 0.6 is 12.4 Å². The highest BCUT2D eigenvalue weighted by Crippen LogP contribution is 2.19. The number of nitrogens with zero attached hydrogens (tertiary/aromatic N) is 1. The number of benzene rings is 1. The van der Waals surface area contributed by atoms with E-state index in [0.717, 1.165) is 5.56 Å². The summed E-state index contributed by atoms with van der Waals surface area (Å²) in [5, 5.41) is 0.